The highest BCUT2D eigenvalue weighted by Gasteiger charge is 2.60. The van der Waals surface area contributed by atoms with E-state index in [0.717, 1.165) is 19.4 Å². The number of carbonyl (C=O) groups excluding carboxylic acids is 1. The Morgan fingerprint density at radius 3 is 2.88 bits per heavy atom. The van der Waals surface area contributed by atoms with Crippen LogP contribution in [0, 0.1) is 11.3 Å². The summed E-state index contributed by atoms with van der Waals surface area (Å²) in [5.74, 6) is 0.330. The predicted octanol–water partition coefficient (Wildman–Crippen LogP) is 2.48. The summed E-state index contributed by atoms with van der Waals surface area (Å²) >= 11 is 1.53. The molecule has 0 spiro atoms. The van der Waals surface area contributed by atoms with Gasteiger partial charge in [0.25, 0.3) is 0 Å². The second-order valence-electron chi connectivity index (χ2n) is 5.65. The molecule has 1 saturated heterocycles. The lowest BCUT2D eigenvalue weighted by Gasteiger charge is -2.58. The van der Waals surface area contributed by atoms with E-state index in [9.17, 15) is 4.79 Å². The van der Waals surface area contributed by atoms with Gasteiger partial charge in [0.1, 0.15) is 6.10 Å². The third kappa shape index (κ3) is 2.22. The van der Waals surface area contributed by atoms with Gasteiger partial charge in [-0.1, -0.05) is 13.8 Å². The molecule has 0 N–H and O–H groups in total. The van der Waals surface area contributed by atoms with E-state index in [-0.39, 0.29) is 28.8 Å². The summed E-state index contributed by atoms with van der Waals surface area (Å²) in [6.07, 6.45) is 4.46. The van der Waals surface area contributed by atoms with Crippen molar-refractivity contribution in [2.24, 2.45) is 11.3 Å². The van der Waals surface area contributed by atoms with Crippen LogP contribution in [0.4, 0.5) is 0 Å². The summed E-state index contributed by atoms with van der Waals surface area (Å²) in [4.78, 5) is 11.9. The van der Waals surface area contributed by atoms with Crippen molar-refractivity contribution in [2.75, 3.05) is 12.9 Å². The van der Waals surface area contributed by atoms with Gasteiger partial charge in [0, 0.05) is 17.9 Å². The Morgan fingerprint density at radius 2 is 2.24 bits per heavy atom. The van der Waals surface area contributed by atoms with Crippen molar-refractivity contribution in [3.8, 4) is 0 Å². The van der Waals surface area contributed by atoms with Crippen LogP contribution in [0.2, 0.25) is 0 Å². The summed E-state index contributed by atoms with van der Waals surface area (Å²) in [6.45, 7) is 7.03. The molecule has 0 radical (unpaired) electrons. The molecule has 2 fully saturated rings. The van der Waals surface area contributed by atoms with Gasteiger partial charge >= 0.3 is 5.97 Å². The molecule has 0 unspecified atom stereocenters. The number of hydrogen-bond acceptors (Lipinski definition) is 4. The summed E-state index contributed by atoms with van der Waals surface area (Å²) in [7, 11) is 0. The van der Waals surface area contributed by atoms with Crippen molar-refractivity contribution in [3.63, 3.8) is 0 Å². The SMILES string of the molecule is CS[C@H](C)C(=O)O[C@@H]1[C@H]2CCCO[C@@H]2C1(C)C. The first-order valence-corrected chi connectivity index (χ1v) is 7.62. The number of thioether (sulfide) groups is 1. The molecule has 0 aromatic carbocycles. The van der Waals surface area contributed by atoms with Crippen LogP contribution < -0.4 is 0 Å². The molecule has 2 rings (SSSR count). The van der Waals surface area contributed by atoms with Crippen molar-refractivity contribution >= 4 is 17.7 Å². The molecule has 1 aliphatic heterocycles. The molecule has 1 aliphatic carbocycles. The van der Waals surface area contributed by atoms with Gasteiger partial charge in [-0.25, -0.2) is 0 Å². The first kappa shape index (κ1) is 13.2. The zero-order chi connectivity index (χ0) is 12.6. The second kappa shape index (κ2) is 4.81. The largest absolute Gasteiger partial charge is 0.460 e. The maximum Gasteiger partial charge on any atom is 0.319 e. The Kier molecular flexibility index (Phi) is 3.74. The molecule has 0 aromatic heterocycles. The molecular weight excluding hydrogens is 236 g/mol. The van der Waals surface area contributed by atoms with Gasteiger partial charge in [-0.15, -0.1) is 0 Å². The van der Waals surface area contributed by atoms with Crippen molar-refractivity contribution in [1.82, 2.24) is 0 Å². The van der Waals surface area contributed by atoms with Crippen LogP contribution in [0.3, 0.4) is 0 Å². The summed E-state index contributed by atoms with van der Waals surface area (Å²) in [5.41, 5.74) is -0.0289. The molecule has 3 nitrogen and oxygen atoms in total. The molecule has 0 aromatic rings. The molecule has 1 saturated carbocycles. The monoisotopic (exact) mass is 258 g/mol. The Morgan fingerprint density at radius 1 is 1.53 bits per heavy atom. The van der Waals surface area contributed by atoms with Crippen LogP contribution in [0.5, 0.6) is 0 Å². The zero-order valence-electron chi connectivity index (χ0n) is 11.1. The van der Waals surface area contributed by atoms with Gasteiger partial charge in [0.05, 0.1) is 11.4 Å². The number of esters is 1. The van der Waals surface area contributed by atoms with Gasteiger partial charge in [0.2, 0.25) is 0 Å². The average Bonchev–Trinajstić information content (AvgIpc) is 2.34. The standard InChI is InChI=1S/C13H22O3S/c1-8(17-4)12(14)16-11-9-6-5-7-15-10(9)13(11,2)3/h8-11H,5-7H2,1-4H3/t8-,9+,10+,11-/m1/s1. The topological polar surface area (TPSA) is 35.5 Å². The molecular formula is C13H22O3S. The number of carbonyl (C=O) groups is 1. The quantitative estimate of drug-likeness (QED) is 0.729. The zero-order valence-corrected chi connectivity index (χ0v) is 11.9. The van der Waals surface area contributed by atoms with Gasteiger partial charge in [-0.2, -0.15) is 11.8 Å². The van der Waals surface area contributed by atoms with Crippen LogP contribution >= 0.6 is 11.8 Å². The van der Waals surface area contributed by atoms with E-state index >= 15 is 0 Å². The van der Waals surface area contributed by atoms with E-state index in [1.165, 1.54) is 11.8 Å². The molecule has 98 valence electrons. The summed E-state index contributed by atoms with van der Waals surface area (Å²) < 4.78 is 11.5. The Balaban J connectivity index is 1.99. The number of fused-ring (bicyclic) bond motifs is 1. The van der Waals surface area contributed by atoms with E-state index in [4.69, 9.17) is 9.47 Å². The minimum absolute atomic E-state index is 0.0289. The molecule has 4 atom stereocenters. The maximum absolute atomic E-state index is 11.9. The fourth-order valence-corrected chi connectivity index (χ4v) is 3.28. The van der Waals surface area contributed by atoms with E-state index < -0.39 is 0 Å². The summed E-state index contributed by atoms with van der Waals surface area (Å²) in [6, 6.07) is 0. The predicted molar refractivity (Wildman–Crippen MR) is 69.1 cm³/mol. The van der Waals surface area contributed by atoms with Crippen LogP contribution in [-0.4, -0.2) is 36.3 Å². The smallest absolute Gasteiger partial charge is 0.319 e. The normalized spacial score (nSPS) is 36.6. The lowest BCUT2D eigenvalue weighted by atomic mass is 9.57. The fourth-order valence-electron chi connectivity index (χ4n) is 3.03. The lowest BCUT2D eigenvalue weighted by molar-refractivity contribution is -0.254. The molecule has 17 heavy (non-hydrogen) atoms. The van der Waals surface area contributed by atoms with E-state index in [1.807, 2.05) is 13.2 Å². The molecule has 0 amide bonds. The van der Waals surface area contributed by atoms with E-state index in [2.05, 4.69) is 13.8 Å². The lowest BCUT2D eigenvalue weighted by Crippen LogP contribution is -2.65. The van der Waals surface area contributed by atoms with E-state index in [1.54, 1.807) is 0 Å². The Labute approximate surface area is 108 Å². The van der Waals surface area contributed by atoms with Crippen molar-refractivity contribution < 1.29 is 14.3 Å². The highest BCUT2D eigenvalue weighted by Crippen LogP contribution is 2.53. The summed E-state index contributed by atoms with van der Waals surface area (Å²) in [5, 5.41) is -0.0747. The first-order valence-electron chi connectivity index (χ1n) is 6.33. The van der Waals surface area contributed by atoms with Crippen molar-refractivity contribution in [3.05, 3.63) is 0 Å². The fraction of sp³-hybridized carbons (Fsp3) is 0.923. The average molecular weight is 258 g/mol. The van der Waals surface area contributed by atoms with Gasteiger partial charge < -0.3 is 9.47 Å². The van der Waals surface area contributed by atoms with Crippen LogP contribution in [0.25, 0.3) is 0 Å². The number of rotatable bonds is 3. The molecule has 4 heteroatoms. The minimum Gasteiger partial charge on any atom is -0.460 e. The number of hydrogen-bond donors (Lipinski definition) is 0. The van der Waals surface area contributed by atoms with Crippen molar-refractivity contribution in [2.45, 2.75) is 51.1 Å². The molecule has 0 bridgehead atoms. The Bertz CT molecular complexity index is 303. The second-order valence-corrected chi connectivity index (χ2v) is 6.83. The third-order valence-electron chi connectivity index (χ3n) is 4.15. The highest BCUT2D eigenvalue weighted by molar-refractivity contribution is 7.99. The van der Waals surface area contributed by atoms with Crippen LogP contribution in [-0.2, 0) is 14.3 Å². The van der Waals surface area contributed by atoms with Crippen LogP contribution in [0.1, 0.15) is 33.6 Å². The van der Waals surface area contributed by atoms with Gasteiger partial charge in [0.15, 0.2) is 0 Å². The molecule has 1 heterocycles. The molecule has 2 aliphatic rings. The number of ether oxygens (including phenoxy) is 2. The van der Waals surface area contributed by atoms with E-state index in [0.29, 0.717) is 5.92 Å². The van der Waals surface area contributed by atoms with Gasteiger partial charge in [-0.3, -0.25) is 4.79 Å². The Hall–Kier alpha value is -0.220. The third-order valence-corrected chi connectivity index (χ3v) is 5.05. The van der Waals surface area contributed by atoms with Crippen molar-refractivity contribution in [1.29, 1.82) is 0 Å². The maximum atomic E-state index is 11.9. The minimum atomic E-state index is -0.0837. The van der Waals surface area contributed by atoms with Gasteiger partial charge in [-0.05, 0) is 26.0 Å². The highest BCUT2D eigenvalue weighted by atomic mass is 32.2. The first-order chi connectivity index (χ1) is 7.98. The van der Waals surface area contributed by atoms with Crippen LogP contribution in [0.15, 0.2) is 0 Å².